The van der Waals surface area contributed by atoms with Gasteiger partial charge in [-0.05, 0) is 34.1 Å². The lowest BCUT2D eigenvalue weighted by Gasteiger charge is -2.32. The third-order valence-corrected chi connectivity index (χ3v) is 7.43. The quantitative estimate of drug-likeness (QED) is 0.402. The molecule has 0 saturated heterocycles. The standard InChI is InChI=1S/C12H29O6PSi/c1-7-12(19(13,14-8-2)15-9-3)18-20(6,16-10-4)17-11-5/h12H,7-11H2,1-6H3. The highest BCUT2D eigenvalue weighted by atomic mass is 31.2. The SMILES string of the molecule is CCO[Si](C)(OCC)OC(CC)P(=O)(OCC)OCC. The summed E-state index contributed by atoms with van der Waals surface area (Å²) in [6.07, 6.45) is 0.500. The maximum absolute atomic E-state index is 12.8. The zero-order valence-corrected chi connectivity index (χ0v) is 15.4. The molecule has 0 aromatic carbocycles. The van der Waals surface area contributed by atoms with Gasteiger partial charge in [-0.15, -0.1) is 0 Å². The van der Waals surface area contributed by atoms with E-state index in [1.165, 1.54) is 0 Å². The third kappa shape index (κ3) is 6.35. The summed E-state index contributed by atoms with van der Waals surface area (Å²) in [7, 11) is -6.15. The Morgan fingerprint density at radius 1 is 0.900 bits per heavy atom. The average molecular weight is 328 g/mol. The summed E-state index contributed by atoms with van der Waals surface area (Å²) < 4.78 is 40.6. The Hall–Kier alpha value is 0.247. The van der Waals surface area contributed by atoms with Crippen LogP contribution in [-0.4, -0.2) is 41.1 Å². The summed E-state index contributed by atoms with van der Waals surface area (Å²) in [4.78, 5) is 0. The van der Waals surface area contributed by atoms with Gasteiger partial charge in [0, 0.05) is 19.8 Å². The highest BCUT2D eigenvalue weighted by Crippen LogP contribution is 2.55. The van der Waals surface area contributed by atoms with Crippen LogP contribution in [0.3, 0.4) is 0 Å². The maximum atomic E-state index is 12.8. The Morgan fingerprint density at radius 3 is 1.65 bits per heavy atom. The molecule has 0 amide bonds. The first kappa shape index (κ1) is 20.2. The first-order valence-corrected chi connectivity index (χ1v) is 11.1. The zero-order chi connectivity index (χ0) is 15.6. The fourth-order valence-corrected chi connectivity index (χ4v) is 6.41. The number of rotatable bonds is 12. The molecule has 0 aliphatic heterocycles. The van der Waals surface area contributed by atoms with Crippen LogP contribution in [0.1, 0.15) is 41.0 Å². The van der Waals surface area contributed by atoms with Crippen LogP contribution in [0.5, 0.6) is 0 Å². The lowest BCUT2D eigenvalue weighted by Crippen LogP contribution is -2.45. The van der Waals surface area contributed by atoms with Crippen molar-refractivity contribution < 1.29 is 26.9 Å². The van der Waals surface area contributed by atoms with E-state index in [4.69, 9.17) is 22.3 Å². The van der Waals surface area contributed by atoms with Crippen molar-refractivity contribution in [1.82, 2.24) is 0 Å². The Morgan fingerprint density at radius 2 is 1.35 bits per heavy atom. The zero-order valence-electron chi connectivity index (χ0n) is 13.5. The van der Waals surface area contributed by atoms with Gasteiger partial charge >= 0.3 is 16.4 Å². The molecule has 0 radical (unpaired) electrons. The van der Waals surface area contributed by atoms with Crippen molar-refractivity contribution in [2.24, 2.45) is 0 Å². The van der Waals surface area contributed by atoms with E-state index in [0.29, 0.717) is 32.8 Å². The van der Waals surface area contributed by atoms with E-state index < -0.39 is 22.2 Å². The van der Waals surface area contributed by atoms with Gasteiger partial charge in [0.2, 0.25) is 0 Å². The van der Waals surface area contributed by atoms with Crippen LogP contribution in [0.2, 0.25) is 6.55 Å². The molecule has 0 N–H and O–H groups in total. The third-order valence-electron chi connectivity index (χ3n) is 2.48. The molecule has 20 heavy (non-hydrogen) atoms. The minimum atomic E-state index is -3.32. The van der Waals surface area contributed by atoms with Gasteiger partial charge in [-0.3, -0.25) is 4.57 Å². The molecular weight excluding hydrogens is 299 g/mol. The van der Waals surface area contributed by atoms with Gasteiger partial charge in [-0.1, -0.05) is 6.92 Å². The largest absolute Gasteiger partial charge is 0.498 e. The maximum Gasteiger partial charge on any atom is 0.498 e. The van der Waals surface area contributed by atoms with Gasteiger partial charge in [-0.2, -0.15) is 0 Å². The van der Waals surface area contributed by atoms with Crippen molar-refractivity contribution in [2.75, 3.05) is 26.4 Å². The van der Waals surface area contributed by atoms with Gasteiger partial charge in [0.25, 0.3) is 0 Å². The summed E-state index contributed by atoms with van der Waals surface area (Å²) in [5.74, 6) is -0.669. The van der Waals surface area contributed by atoms with Crippen molar-refractivity contribution in [1.29, 1.82) is 0 Å². The predicted octanol–water partition coefficient (Wildman–Crippen LogP) is 3.65. The van der Waals surface area contributed by atoms with Crippen LogP contribution in [-0.2, 0) is 26.9 Å². The first-order chi connectivity index (χ1) is 9.41. The van der Waals surface area contributed by atoms with Crippen molar-refractivity contribution in [3.63, 3.8) is 0 Å². The van der Waals surface area contributed by atoms with Crippen molar-refractivity contribution in [2.45, 2.75) is 53.4 Å². The Balaban J connectivity index is 5.06. The van der Waals surface area contributed by atoms with Crippen LogP contribution in [0.15, 0.2) is 0 Å². The van der Waals surface area contributed by atoms with Crippen LogP contribution in [0.25, 0.3) is 0 Å². The van der Waals surface area contributed by atoms with Gasteiger partial charge < -0.3 is 22.3 Å². The molecule has 0 heterocycles. The molecule has 1 atom stereocenters. The molecule has 0 saturated carbocycles. The molecular formula is C12H29O6PSi. The molecule has 0 rings (SSSR count). The van der Waals surface area contributed by atoms with E-state index in [9.17, 15) is 4.57 Å². The fourth-order valence-electron chi connectivity index (χ4n) is 1.82. The van der Waals surface area contributed by atoms with Gasteiger partial charge in [-0.25, -0.2) is 0 Å². The number of hydrogen-bond acceptors (Lipinski definition) is 6. The second-order valence-corrected chi connectivity index (χ2v) is 8.79. The summed E-state index contributed by atoms with van der Waals surface area (Å²) in [6, 6.07) is 0. The molecule has 0 spiro atoms. The van der Waals surface area contributed by atoms with Gasteiger partial charge in [0.15, 0.2) is 5.85 Å². The Bertz CT molecular complexity index is 286. The molecule has 0 aliphatic carbocycles. The van der Waals surface area contributed by atoms with Crippen LogP contribution >= 0.6 is 7.60 Å². The second-order valence-electron chi connectivity index (χ2n) is 4.08. The molecule has 8 heteroatoms. The van der Waals surface area contributed by atoms with E-state index in [2.05, 4.69) is 0 Å². The monoisotopic (exact) mass is 328 g/mol. The minimum Gasteiger partial charge on any atom is -0.374 e. The van der Waals surface area contributed by atoms with E-state index in [1.54, 1.807) is 20.4 Å². The summed E-state index contributed by atoms with van der Waals surface area (Å²) in [5, 5.41) is 0. The molecule has 0 bridgehead atoms. The molecule has 0 aliphatic rings. The van der Waals surface area contributed by atoms with Crippen LogP contribution in [0.4, 0.5) is 0 Å². The van der Waals surface area contributed by atoms with Crippen molar-refractivity contribution >= 4 is 16.4 Å². The van der Waals surface area contributed by atoms with E-state index in [-0.39, 0.29) is 0 Å². The first-order valence-electron chi connectivity index (χ1n) is 7.25. The molecule has 0 aromatic rings. The number of hydrogen-bond donors (Lipinski definition) is 0. The Labute approximate surface area is 124 Å². The van der Waals surface area contributed by atoms with Crippen molar-refractivity contribution in [3.8, 4) is 0 Å². The van der Waals surface area contributed by atoms with Crippen molar-refractivity contribution in [3.05, 3.63) is 0 Å². The van der Waals surface area contributed by atoms with Gasteiger partial charge in [0.05, 0.1) is 13.2 Å². The topological polar surface area (TPSA) is 63.2 Å². The lowest BCUT2D eigenvalue weighted by atomic mass is 10.5. The van der Waals surface area contributed by atoms with E-state index >= 15 is 0 Å². The lowest BCUT2D eigenvalue weighted by molar-refractivity contribution is 0.0470. The average Bonchev–Trinajstić information content (AvgIpc) is 2.37. The second kappa shape index (κ2) is 10.1. The summed E-state index contributed by atoms with van der Waals surface area (Å²) >= 11 is 0. The molecule has 122 valence electrons. The Kier molecular flexibility index (Phi) is 10.2. The highest BCUT2D eigenvalue weighted by molar-refractivity contribution is 7.54. The summed E-state index contributed by atoms with van der Waals surface area (Å²) in [5.41, 5.74) is 0. The molecule has 1 unspecified atom stereocenters. The van der Waals surface area contributed by atoms with E-state index in [1.807, 2.05) is 20.8 Å². The predicted molar refractivity (Wildman–Crippen MR) is 80.9 cm³/mol. The fraction of sp³-hybridized carbons (Fsp3) is 1.00. The minimum absolute atomic E-state index is 0.304. The normalized spacial score (nSPS) is 14.5. The van der Waals surface area contributed by atoms with Crippen LogP contribution < -0.4 is 0 Å². The molecule has 6 nitrogen and oxygen atoms in total. The van der Waals surface area contributed by atoms with Gasteiger partial charge in [0.1, 0.15) is 0 Å². The summed E-state index contributed by atoms with van der Waals surface area (Å²) in [6.45, 7) is 12.5. The van der Waals surface area contributed by atoms with Crippen LogP contribution in [0, 0.1) is 0 Å². The smallest absolute Gasteiger partial charge is 0.374 e. The highest BCUT2D eigenvalue weighted by Gasteiger charge is 2.44. The van der Waals surface area contributed by atoms with E-state index in [0.717, 1.165) is 0 Å². The molecule has 0 fully saturated rings. The molecule has 0 aromatic heterocycles.